The molecule has 1 aromatic rings. The minimum atomic E-state index is 0.826. The smallest absolute Gasteiger partial charge is 0.0860 e. The van der Waals surface area contributed by atoms with Gasteiger partial charge >= 0.3 is 0 Å². The number of pyridine rings is 1. The molecule has 2 N–H and O–H groups in total. The number of rotatable bonds is 1. The van der Waals surface area contributed by atoms with Gasteiger partial charge < -0.3 is 5.73 Å². The highest BCUT2D eigenvalue weighted by Crippen LogP contribution is 2.05. The van der Waals surface area contributed by atoms with E-state index in [0.29, 0.717) is 0 Å². The van der Waals surface area contributed by atoms with Gasteiger partial charge in [0.1, 0.15) is 0 Å². The van der Waals surface area contributed by atoms with Gasteiger partial charge in [-0.05, 0) is 12.1 Å². The molecule has 9 heavy (non-hydrogen) atoms. The third-order valence-corrected chi connectivity index (χ3v) is 0.886. The summed E-state index contributed by atoms with van der Waals surface area (Å²) in [6.45, 7) is 0. The summed E-state index contributed by atoms with van der Waals surface area (Å²) in [5.41, 5.74) is 5.87. The maximum Gasteiger partial charge on any atom is 0.0860 e. The molecule has 0 atom stereocenters. The Morgan fingerprint density at radius 1 is 1.44 bits per heavy atom. The summed E-state index contributed by atoms with van der Waals surface area (Å²) in [5, 5.41) is 0. The van der Waals surface area contributed by atoms with Crippen LogP contribution in [-0.2, 0) is 0 Å². The largest absolute Gasteiger partial charge is 0.390 e. The number of aromatic nitrogens is 1. The second-order valence-corrected chi connectivity index (χ2v) is 1.48. The summed E-state index contributed by atoms with van der Waals surface area (Å²) in [6, 6.07) is 3.56. The van der Waals surface area contributed by atoms with Crippen LogP contribution in [0.15, 0.2) is 29.5 Å². The van der Waals surface area contributed by atoms with Crippen LogP contribution in [0.5, 0.6) is 0 Å². The van der Waals surface area contributed by atoms with Crippen LogP contribution >= 0.6 is 0 Å². The summed E-state index contributed by atoms with van der Waals surface area (Å²) in [5.74, 6) is 0. The van der Waals surface area contributed by atoms with Crippen molar-refractivity contribution < 1.29 is 0 Å². The molecule has 46 valence electrons. The SMILES string of the molecule is NC=Nc1ccncc1. The lowest BCUT2D eigenvalue weighted by atomic mass is 10.4. The van der Waals surface area contributed by atoms with Crippen molar-refractivity contribution in [1.29, 1.82) is 0 Å². The number of hydrogen-bond acceptors (Lipinski definition) is 2. The first-order valence-electron chi connectivity index (χ1n) is 2.58. The molecule has 0 radical (unpaired) electrons. The molecule has 0 saturated carbocycles. The monoisotopic (exact) mass is 121 g/mol. The fraction of sp³-hybridized carbons (Fsp3) is 0. The summed E-state index contributed by atoms with van der Waals surface area (Å²) < 4.78 is 0. The summed E-state index contributed by atoms with van der Waals surface area (Å²) in [7, 11) is 0. The van der Waals surface area contributed by atoms with Crippen molar-refractivity contribution in [3.8, 4) is 0 Å². The van der Waals surface area contributed by atoms with E-state index in [1.165, 1.54) is 6.34 Å². The predicted octanol–water partition coefficient (Wildman–Crippen LogP) is 0.700. The average molecular weight is 121 g/mol. The summed E-state index contributed by atoms with van der Waals surface area (Å²) in [6.07, 6.45) is 4.60. The van der Waals surface area contributed by atoms with Crippen molar-refractivity contribution in [2.45, 2.75) is 0 Å². The van der Waals surface area contributed by atoms with E-state index in [-0.39, 0.29) is 0 Å². The lowest BCUT2D eigenvalue weighted by Crippen LogP contribution is -1.85. The van der Waals surface area contributed by atoms with E-state index >= 15 is 0 Å². The van der Waals surface area contributed by atoms with Crippen molar-refractivity contribution in [3.05, 3.63) is 24.5 Å². The van der Waals surface area contributed by atoms with Gasteiger partial charge in [0.2, 0.25) is 0 Å². The molecule has 0 spiro atoms. The number of nitrogens with zero attached hydrogens (tertiary/aromatic N) is 2. The van der Waals surface area contributed by atoms with Gasteiger partial charge in [0.05, 0.1) is 12.0 Å². The lowest BCUT2D eigenvalue weighted by molar-refractivity contribution is 1.31. The minimum Gasteiger partial charge on any atom is -0.390 e. The zero-order valence-electron chi connectivity index (χ0n) is 4.86. The van der Waals surface area contributed by atoms with Crippen molar-refractivity contribution >= 4 is 12.0 Å². The summed E-state index contributed by atoms with van der Waals surface area (Å²) in [4.78, 5) is 7.63. The van der Waals surface area contributed by atoms with E-state index in [1.54, 1.807) is 24.5 Å². The van der Waals surface area contributed by atoms with Crippen LogP contribution in [-0.4, -0.2) is 11.3 Å². The third-order valence-electron chi connectivity index (χ3n) is 0.886. The molecule has 0 saturated heterocycles. The van der Waals surface area contributed by atoms with Crippen LogP contribution in [0.1, 0.15) is 0 Å². The zero-order chi connectivity index (χ0) is 6.53. The van der Waals surface area contributed by atoms with Crippen LogP contribution in [0.25, 0.3) is 0 Å². The van der Waals surface area contributed by atoms with E-state index < -0.39 is 0 Å². The molecule has 3 nitrogen and oxygen atoms in total. The molecule has 1 aromatic heterocycles. The highest BCUT2D eigenvalue weighted by Gasteiger charge is 1.79. The Morgan fingerprint density at radius 3 is 2.67 bits per heavy atom. The Morgan fingerprint density at radius 2 is 2.11 bits per heavy atom. The van der Waals surface area contributed by atoms with Gasteiger partial charge in [-0.2, -0.15) is 0 Å². The molecule has 3 heteroatoms. The molecule has 0 aliphatic carbocycles. The molecular formula is C6H7N3. The fourth-order valence-corrected chi connectivity index (χ4v) is 0.516. The molecule has 0 amide bonds. The molecule has 1 heterocycles. The van der Waals surface area contributed by atoms with Gasteiger partial charge in [-0.1, -0.05) is 0 Å². The van der Waals surface area contributed by atoms with Crippen LogP contribution in [0.3, 0.4) is 0 Å². The summed E-state index contributed by atoms with van der Waals surface area (Å²) >= 11 is 0. The van der Waals surface area contributed by atoms with Gasteiger partial charge in [-0.15, -0.1) is 0 Å². The fourth-order valence-electron chi connectivity index (χ4n) is 0.516. The van der Waals surface area contributed by atoms with E-state index in [9.17, 15) is 0 Å². The Balaban J connectivity index is 2.85. The highest BCUT2D eigenvalue weighted by atomic mass is 14.8. The van der Waals surface area contributed by atoms with E-state index in [2.05, 4.69) is 9.98 Å². The van der Waals surface area contributed by atoms with Crippen LogP contribution in [0.4, 0.5) is 5.69 Å². The van der Waals surface area contributed by atoms with Crippen molar-refractivity contribution in [2.75, 3.05) is 0 Å². The molecule has 0 aliphatic heterocycles. The maximum atomic E-state index is 5.05. The topological polar surface area (TPSA) is 51.3 Å². The van der Waals surface area contributed by atoms with Crippen molar-refractivity contribution in [2.24, 2.45) is 10.7 Å². The van der Waals surface area contributed by atoms with Crippen molar-refractivity contribution in [3.63, 3.8) is 0 Å². The van der Waals surface area contributed by atoms with Gasteiger partial charge in [0.15, 0.2) is 0 Å². The normalized spacial score (nSPS) is 10.2. The lowest BCUT2D eigenvalue weighted by Gasteiger charge is -1.86. The molecule has 0 unspecified atom stereocenters. The van der Waals surface area contributed by atoms with Crippen LogP contribution < -0.4 is 5.73 Å². The molecule has 0 bridgehead atoms. The molecule has 0 aromatic carbocycles. The van der Waals surface area contributed by atoms with E-state index in [0.717, 1.165) is 5.69 Å². The minimum absolute atomic E-state index is 0.826. The standard InChI is InChI=1S/C6H7N3/c7-5-9-6-1-3-8-4-2-6/h1-5H,(H2,7,8,9). The van der Waals surface area contributed by atoms with Crippen LogP contribution in [0, 0.1) is 0 Å². The molecule has 0 fully saturated rings. The second-order valence-electron chi connectivity index (χ2n) is 1.48. The van der Waals surface area contributed by atoms with Gasteiger partial charge in [-0.25, -0.2) is 4.99 Å². The second kappa shape index (κ2) is 2.81. The third kappa shape index (κ3) is 1.53. The predicted molar refractivity (Wildman–Crippen MR) is 36.6 cm³/mol. The van der Waals surface area contributed by atoms with Gasteiger partial charge in [-0.3, -0.25) is 4.98 Å². The maximum absolute atomic E-state index is 5.05. The Kier molecular flexibility index (Phi) is 1.80. The highest BCUT2D eigenvalue weighted by molar-refractivity contribution is 5.58. The van der Waals surface area contributed by atoms with E-state index in [4.69, 9.17) is 5.73 Å². The number of hydrogen-bond donors (Lipinski definition) is 1. The molecule has 0 aliphatic rings. The number of aliphatic imine (C=N–C) groups is 1. The van der Waals surface area contributed by atoms with Gasteiger partial charge in [0.25, 0.3) is 0 Å². The van der Waals surface area contributed by atoms with Gasteiger partial charge in [0, 0.05) is 12.4 Å². The first-order chi connectivity index (χ1) is 4.43. The molecule has 1 rings (SSSR count). The zero-order valence-corrected chi connectivity index (χ0v) is 4.86. The Labute approximate surface area is 53.3 Å². The number of nitrogens with two attached hydrogens (primary N) is 1. The quantitative estimate of drug-likeness (QED) is 0.439. The molecular weight excluding hydrogens is 114 g/mol. The Bertz CT molecular complexity index is 193. The van der Waals surface area contributed by atoms with Crippen LogP contribution in [0.2, 0.25) is 0 Å². The van der Waals surface area contributed by atoms with Crippen molar-refractivity contribution in [1.82, 2.24) is 4.98 Å². The first kappa shape index (κ1) is 5.75. The van der Waals surface area contributed by atoms with E-state index in [1.807, 2.05) is 0 Å². The Hall–Kier alpha value is -1.38. The average Bonchev–Trinajstić information content (AvgIpc) is 1.91. The first-order valence-corrected chi connectivity index (χ1v) is 2.58.